The number of hydrogen-bond acceptors (Lipinski definition) is 4. The molecule has 0 saturated carbocycles. The molecule has 0 amide bonds. The molecular formula is C27H27FN4S. The van der Waals surface area contributed by atoms with E-state index in [1.165, 1.54) is 28.5 Å². The van der Waals surface area contributed by atoms with Crippen LogP contribution in [0.3, 0.4) is 0 Å². The van der Waals surface area contributed by atoms with Crippen LogP contribution in [0.1, 0.15) is 48.2 Å². The first-order valence-corrected chi connectivity index (χ1v) is 12.5. The van der Waals surface area contributed by atoms with Crippen molar-refractivity contribution in [3.8, 4) is 0 Å². The molecule has 0 atom stereocenters. The summed E-state index contributed by atoms with van der Waals surface area (Å²) in [5.41, 5.74) is 6.31. The third kappa shape index (κ3) is 5.33. The molecule has 5 rings (SSSR count). The number of benzene rings is 2. The van der Waals surface area contributed by atoms with E-state index in [-0.39, 0.29) is 5.82 Å². The normalized spacial score (nSPS) is 14.5. The Hall–Kier alpha value is -2.99. The van der Waals surface area contributed by atoms with Crippen molar-refractivity contribution >= 4 is 23.5 Å². The van der Waals surface area contributed by atoms with Crippen LogP contribution in [0.25, 0.3) is 5.57 Å². The van der Waals surface area contributed by atoms with Gasteiger partial charge < -0.3 is 4.57 Å². The molecule has 2 aliphatic rings. The molecule has 0 N–H and O–H groups in total. The van der Waals surface area contributed by atoms with Gasteiger partial charge in [-0.1, -0.05) is 60.3 Å². The van der Waals surface area contributed by atoms with Crippen molar-refractivity contribution in [3.63, 3.8) is 0 Å². The van der Waals surface area contributed by atoms with Gasteiger partial charge >= 0.3 is 0 Å². The van der Waals surface area contributed by atoms with Gasteiger partial charge in [0.05, 0.1) is 0 Å². The summed E-state index contributed by atoms with van der Waals surface area (Å²) in [6.45, 7) is 0.857. The Morgan fingerprint density at radius 3 is 2.79 bits per heavy atom. The Kier molecular flexibility index (Phi) is 6.81. The molecule has 3 aromatic rings. The molecule has 1 aliphatic heterocycles. The number of aryl methyl sites for hydroxylation is 1. The molecule has 2 aromatic carbocycles. The molecule has 0 fully saturated rings. The highest BCUT2D eigenvalue weighted by Crippen LogP contribution is 2.31. The van der Waals surface area contributed by atoms with Gasteiger partial charge in [0.2, 0.25) is 0 Å². The second kappa shape index (κ2) is 10.3. The van der Waals surface area contributed by atoms with E-state index in [1.54, 1.807) is 23.9 Å². The fourth-order valence-corrected chi connectivity index (χ4v) is 5.37. The summed E-state index contributed by atoms with van der Waals surface area (Å²) in [4.78, 5) is 4.44. The largest absolute Gasteiger partial charge is 0.306 e. The SMILES string of the molecule is Fc1cccc(CSc2nnc(CCC3=CCc4ccccc43)n2CCCC2=CCC=N2)c1. The van der Waals surface area contributed by atoms with Gasteiger partial charge in [-0.25, -0.2) is 4.39 Å². The van der Waals surface area contributed by atoms with Gasteiger partial charge in [0.25, 0.3) is 0 Å². The van der Waals surface area contributed by atoms with Crippen LogP contribution in [0.15, 0.2) is 76.5 Å². The second-order valence-corrected chi connectivity index (χ2v) is 9.35. The first kappa shape index (κ1) is 21.8. The number of aromatic nitrogens is 3. The molecule has 0 bridgehead atoms. The summed E-state index contributed by atoms with van der Waals surface area (Å²) in [6.07, 6.45) is 12.2. The third-order valence-corrected chi connectivity index (χ3v) is 7.17. The molecule has 6 heteroatoms. The molecule has 4 nitrogen and oxygen atoms in total. The van der Waals surface area contributed by atoms with Gasteiger partial charge in [0.1, 0.15) is 11.6 Å². The van der Waals surface area contributed by atoms with Crippen LogP contribution < -0.4 is 0 Å². The van der Waals surface area contributed by atoms with Crippen LogP contribution in [0.4, 0.5) is 4.39 Å². The van der Waals surface area contributed by atoms with Crippen molar-refractivity contribution < 1.29 is 4.39 Å². The fraction of sp³-hybridized carbons (Fsp3) is 0.296. The van der Waals surface area contributed by atoms with E-state index in [9.17, 15) is 4.39 Å². The maximum atomic E-state index is 13.6. The number of thioether (sulfide) groups is 1. The fourth-order valence-electron chi connectivity index (χ4n) is 4.44. The summed E-state index contributed by atoms with van der Waals surface area (Å²) in [6, 6.07) is 15.4. The zero-order valence-corrected chi connectivity index (χ0v) is 19.4. The highest BCUT2D eigenvalue weighted by Gasteiger charge is 2.17. The number of nitrogens with zero attached hydrogens (tertiary/aromatic N) is 4. The van der Waals surface area contributed by atoms with Crippen molar-refractivity contribution in [2.24, 2.45) is 4.99 Å². The lowest BCUT2D eigenvalue weighted by molar-refractivity contribution is 0.568. The van der Waals surface area contributed by atoms with E-state index in [1.807, 2.05) is 12.3 Å². The van der Waals surface area contributed by atoms with Crippen molar-refractivity contribution in [2.45, 2.75) is 56.0 Å². The Bertz CT molecular complexity index is 1220. The van der Waals surface area contributed by atoms with Gasteiger partial charge in [0, 0.05) is 37.1 Å². The predicted molar refractivity (Wildman–Crippen MR) is 133 cm³/mol. The monoisotopic (exact) mass is 458 g/mol. The minimum atomic E-state index is -0.203. The molecule has 33 heavy (non-hydrogen) atoms. The molecule has 0 radical (unpaired) electrons. The average molecular weight is 459 g/mol. The zero-order chi connectivity index (χ0) is 22.5. The third-order valence-electron chi connectivity index (χ3n) is 6.13. The number of rotatable bonds is 10. The van der Waals surface area contributed by atoms with Crippen molar-refractivity contribution in [1.29, 1.82) is 0 Å². The lowest BCUT2D eigenvalue weighted by atomic mass is 10.0. The first-order valence-electron chi connectivity index (χ1n) is 11.5. The van der Waals surface area contributed by atoms with Crippen LogP contribution in [0, 0.1) is 5.82 Å². The molecular weight excluding hydrogens is 431 g/mol. The van der Waals surface area contributed by atoms with Crippen LogP contribution >= 0.6 is 11.8 Å². The van der Waals surface area contributed by atoms with Gasteiger partial charge in [-0.2, -0.15) is 0 Å². The maximum absolute atomic E-state index is 13.6. The molecule has 1 aromatic heterocycles. The van der Waals surface area contributed by atoms with Gasteiger partial charge in [-0.3, -0.25) is 4.99 Å². The molecule has 2 heterocycles. The summed E-state index contributed by atoms with van der Waals surface area (Å²) in [7, 11) is 0. The van der Waals surface area contributed by atoms with Crippen molar-refractivity contribution in [1.82, 2.24) is 14.8 Å². The molecule has 1 aliphatic carbocycles. The van der Waals surface area contributed by atoms with Gasteiger partial charge in [-0.05, 0) is 60.1 Å². The van der Waals surface area contributed by atoms with Crippen molar-refractivity contribution in [3.05, 3.63) is 94.7 Å². The van der Waals surface area contributed by atoms with Gasteiger partial charge in [0.15, 0.2) is 5.16 Å². The minimum Gasteiger partial charge on any atom is -0.306 e. The standard InChI is InChI=1S/C27H27FN4S/c28-23-8-3-6-20(18-23)19-33-27-31-30-26(32(27)17-5-10-24-9-4-16-29-24)15-14-22-13-12-21-7-1-2-11-25(21)22/h1-3,6-9,11,13,16,18H,4-5,10,12,14-15,17,19H2. The Morgan fingerprint density at radius 1 is 0.970 bits per heavy atom. The number of allylic oxidation sites excluding steroid dienone is 4. The van der Waals surface area contributed by atoms with E-state index < -0.39 is 0 Å². The van der Waals surface area contributed by atoms with E-state index in [0.29, 0.717) is 5.75 Å². The maximum Gasteiger partial charge on any atom is 0.191 e. The quantitative estimate of drug-likeness (QED) is 0.329. The molecule has 0 unspecified atom stereocenters. The van der Waals surface area contributed by atoms with Crippen molar-refractivity contribution in [2.75, 3.05) is 0 Å². The highest BCUT2D eigenvalue weighted by atomic mass is 32.2. The Labute approximate surface area is 198 Å². The molecule has 168 valence electrons. The lowest BCUT2D eigenvalue weighted by Gasteiger charge is -2.11. The summed E-state index contributed by atoms with van der Waals surface area (Å²) in [5, 5.41) is 9.97. The van der Waals surface area contributed by atoms with Gasteiger partial charge in [-0.15, -0.1) is 10.2 Å². The number of hydrogen-bond donors (Lipinski definition) is 0. The summed E-state index contributed by atoms with van der Waals surface area (Å²) >= 11 is 1.62. The van der Waals surface area contributed by atoms with E-state index in [2.05, 4.69) is 56.2 Å². The average Bonchev–Trinajstić information content (AvgIpc) is 3.57. The molecule has 0 spiro atoms. The van der Waals surface area contributed by atoms with Crippen LogP contribution in [0.2, 0.25) is 0 Å². The number of aliphatic imine (C=N–C) groups is 1. The smallest absolute Gasteiger partial charge is 0.191 e. The van der Waals surface area contributed by atoms with E-state index >= 15 is 0 Å². The highest BCUT2D eigenvalue weighted by molar-refractivity contribution is 7.98. The minimum absolute atomic E-state index is 0.203. The number of fused-ring (bicyclic) bond motifs is 1. The topological polar surface area (TPSA) is 43.1 Å². The van der Waals surface area contributed by atoms with Crippen LogP contribution in [-0.2, 0) is 25.1 Å². The first-order chi connectivity index (χ1) is 16.3. The number of halogens is 1. The predicted octanol–water partition coefficient (Wildman–Crippen LogP) is 6.42. The Balaban J connectivity index is 1.28. The van der Waals surface area contributed by atoms with E-state index in [0.717, 1.165) is 61.6 Å². The van der Waals surface area contributed by atoms with Crippen LogP contribution in [0.5, 0.6) is 0 Å². The second-order valence-electron chi connectivity index (χ2n) is 8.41. The summed E-state index contributed by atoms with van der Waals surface area (Å²) in [5.74, 6) is 1.49. The lowest BCUT2D eigenvalue weighted by Crippen LogP contribution is -2.06. The van der Waals surface area contributed by atoms with Crippen LogP contribution in [-0.4, -0.2) is 21.0 Å². The van der Waals surface area contributed by atoms with E-state index in [4.69, 9.17) is 0 Å². The molecule has 0 saturated heterocycles. The summed E-state index contributed by atoms with van der Waals surface area (Å²) < 4.78 is 15.8. The Morgan fingerprint density at radius 2 is 1.91 bits per heavy atom. The zero-order valence-electron chi connectivity index (χ0n) is 18.6.